The number of hydrogen-bond donors (Lipinski definition) is 1. The van der Waals surface area contributed by atoms with Gasteiger partial charge in [-0.05, 0) is 43.2 Å². The predicted octanol–water partition coefficient (Wildman–Crippen LogP) is 1.05. The number of rotatable bonds is 8. The van der Waals surface area contributed by atoms with Crippen molar-refractivity contribution >= 4 is 28.9 Å². The quantitative estimate of drug-likeness (QED) is 0.560. The zero-order chi connectivity index (χ0) is 18.2. The number of hydrazone groups is 1. The van der Waals surface area contributed by atoms with E-state index < -0.39 is 12.6 Å². The zero-order valence-corrected chi connectivity index (χ0v) is 14.8. The number of thiazole rings is 1. The lowest BCUT2D eigenvalue weighted by Gasteiger charge is -2.08. The number of carbonyl (C=O) groups excluding carboxylic acids is 2. The van der Waals surface area contributed by atoms with E-state index in [0.29, 0.717) is 17.9 Å². The third-order valence-electron chi connectivity index (χ3n) is 3.17. The van der Waals surface area contributed by atoms with Crippen LogP contribution in [0, 0.1) is 6.92 Å². The number of hydrogen-bond acceptors (Lipinski definition) is 7. The van der Waals surface area contributed by atoms with Crippen LogP contribution < -0.4 is 15.3 Å². The van der Waals surface area contributed by atoms with Gasteiger partial charge in [-0.1, -0.05) is 6.92 Å². The van der Waals surface area contributed by atoms with Crippen molar-refractivity contribution in [1.29, 1.82) is 0 Å². The SMILES string of the molecule is CC/C(=N/NC(=O)Cc1nc(C)cs1)c1ccc(OCC(=O)[O-])cc1. The normalized spacial score (nSPS) is 11.2. The van der Waals surface area contributed by atoms with Crippen LogP contribution in [0.1, 0.15) is 29.6 Å². The third kappa shape index (κ3) is 6.00. The minimum atomic E-state index is -1.28. The largest absolute Gasteiger partial charge is 0.546 e. The monoisotopic (exact) mass is 360 g/mol. The molecule has 132 valence electrons. The molecular weight excluding hydrogens is 342 g/mol. The first-order chi connectivity index (χ1) is 12.0. The fraction of sp³-hybridized carbons (Fsp3) is 0.294. The first-order valence-electron chi connectivity index (χ1n) is 7.67. The van der Waals surface area contributed by atoms with Gasteiger partial charge in [0.15, 0.2) is 0 Å². The summed E-state index contributed by atoms with van der Waals surface area (Å²) >= 11 is 1.44. The average molecular weight is 360 g/mol. The maximum absolute atomic E-state index is 11.9. The van der Waals surface area contributed by atoms with E-state index in [2.05, 4.69) is 15.5 Å². The van der Waals surface area contributed by atoms with E-state index in [1.807, 2.05) is 19.2 Å². The number of ether oxygens (including phenoxy) is 1. The molecule has 1 N–H and O–H groups in total. The third-order valence-corrected chi connectivity index (χ3v) is 4.14. The number of carbonyl (C=O) groups is 2. The highest BCUT2D eigenvalue weighted by atomic mass is 32.1. The Morgan fingerprint density at radius 3 is 2.60 bits per heavy atom. The van der Waals surface area contributed by atoms with Gasteiger partial charge in [-0.15, -0.1) is 11.3 Å². The second-order valence-corrected chi connectivity index (χ2v) is 6.13. The van der Waals surface area contributed by atoms with Crippen molar-refractivity contribution in [3.05, 3.63) is 45.9 Å². The average Bonchev–Trinajstić information content (AvgIpc) is 2.99. The first kappa shape index (κ1) is 18.6. The molecule has 0 fully saturated rings. The second kappa shape index (κ2) is 8.93. The highest BCUT2D eigenvalue weighted by Crippen LogP contribution is 2.14. The molecule has 1 aromatic carbocycles. The molecule has 25 heavy (non-hydrogen) atoms. The highest BCUT2D eigenvalue weighted by molar-refractivity contribution is 7.09. The second-order valence-electron chi connectivity index (χ2n) is 5.19. The lowest BCUT2D eigenvalue weighted by molar-refractivity contribution is -0.307. The minimum Gasteiger partial charge on any atom is -0.546 e. The molecular formula is C17H18N3O4S-. The molecule has 1 aromatic heterocycles. The number of aliphatic carboxylic acids is 1. The van der Waals surface area contributed by atoms with Gasteiger partial charge in [-0.2, -0.15) is 5.10 Å². The van der Waals surface area contributed by atoms with E-state index in [-0.39, 0.29) is 12.3 Å². The molecule has 0 saturated carbocycles. The van der Waals surface area contributed by atoms with Crippen molar-refractivity contribution in [2.75, 3.05) is 6.61 Å². The van der Waals surface area contributed by atoms with Crippen LogP contribution in [0.15, 0.2) is 34.7 Å². The Kier molecular flexibility index (Phi) is 6.64. The van der Waals surface area contributed by atoms with E-state index >= 15 is 0 Å². The Morgan fingerprint density at radius 1 is 1.32 bits per heavy atom. The molecule has 1 heterocycles. The van der Waals surface area contributed by atoms with E-state index in [1.54, 1.807) is 24.3 Å². The van der Waals surface area contributed by atoms with Gasteiger partial charge in [0, 0.05) is 11.1 Å². The maximum atomic E-state index is 11.9. The van der Waals surface area contributed by atoms with Gasteiger partial charge in [-0.25, -0.2) is 10.4 Å². The van der Waals surface area contributed by atoms with Gasteiger partial charge in [0.2, 0.25) is 5.91 Å². The number of carboxylic acids is 1. The molecule has 2 rings (SSSR count). The summed E-state index contributed by atoms with van der Waals surface area (Å²) in [5, 5.41) is 17.2. The van der Waals surface area contributed by atoms with Crippen LogP contribution in [0.5, 0.6) is 5.75 Å². The Bertz CT molecular complexity index is 768. The van der Waals surface area contributed by atoms with Crippen molar-refractivity contribution in [1.82, 2.24) is 10.4 Å². The Balaban J connectivity index is 1.96. The van der Waals surface area contributed by atoms with Crippen molar-refractivity contribution in [3.8, 4) is 5.75 Å². The number of nitrogens with zero attached hydrogens (tertiary/aromatic N) is 2. The van der Waals surface area contributed by atoms with Gasteiger partial charge in [0.05, 0.1) is 18.1 Å². The summed E-state index contributed by atoms with van der Waals surface area (Å²) < 4.78 is 5.02. The summed E-state index contributed by atoms with van der Waals surface area (Å²) in [6.07, 6.45) is 0.810. The molecule has 0 unspecified atom stereocenters. The molecule has 1 amide bonds. The topological polar surface area (TPSA) is 104 Å². The molecule has 0 spiro atoms. The number of carboxylic acid groups (broad SMARTS) is 1. The van der Waals surface area contributed by atoms with Crippen LogP contribution in [0.4, 0.5) is 0 Å². The standard InChI is InChI=1S/C17H19N3O4S/c1-3-14(12-4-6-13(7-5-12)24-9-17(22)23)19-20-15(21)8-16-18-11(2)10-25-16/h4-7,10H,3,8-9H2,1-2H3,(H,20,21)(H,22,23)/p-1/b19-14-. The number of nitrogens with one attached hydrogen (secondary N) is 1. The van der Waals surface area contributed by atoms with Crippen LogP contribution in [0.2, 0.25) is 0 Å². The smallest absolute Gasteiger partial charge is 0.246 e. The summed E-state index contributed by atoms with van der Waals surface area (Å²) in [6.45, 7) is 3.31. The van der Waals surface area contributed by atoms with E-state index in [1.165, 1.54) is 11.3 Å². The summed E-state index contributed by atoms with van der Waals surface area (Å²) in [4.78, 5) is 26.6. The number of aryl methyl sites for hydroxylation is 1. The number of benzene rings is 1. The molecule has 0 bridgehead atoms. The van der Waals surface area contributed by atoms with Gasteiger partial charge in [-0.3, -0.25) is 4.79 Å². The Morgan fingerprint density at radius 2 is 2.04 bits per heavy atom. The Labute approximate surface area is 149 Å². The van der Waals surface area contributed by atoms with E-state index in [0.717, 1.165) is 16.3 Å². The fourth-order valence-electron chi connectivity index (χ4n) is 2.02. The van der Waals surface area contributed by atoms with Crippen LogP contribution in [0.25, 0.3) is 0 Å². The van der Waals surface area contributed by atoms with E-state index in [4.69, 9.17) is 4.74 Å². The molecule has 0 aliphatic rings. The lowest BCUT2D eigenvalue weighted by Crippen LogP contribution is -2.28. The molecule has 0 aliphatic heterocycles. The number of aromatic nitrogens is 1. The lowest BCUT2D eigenvalue weighted by atomic mass is 10.1. The molecule has 0 atom stereocenters. The van der Waals surface area contributed by atoms with Crippen molar-refractivity contribution in [3.63, 3.8) is 0 Å². The van der Waals surface area contributed by atoms with Gasteiger partial charge < -0.3 is 14.6 Å². The minimum absolute atomic E-state index is 0.189. The zero-order valence-electron chi connectivity index (χ0n) is 13.9. The molecule has 0 saturated heterocycles. The molecule has 0 aliphatic carbocycles. The van der Waals surface area contributed by atoms with Crippen molar-refractivity contribution in [2.45, 2.75) is 26.7 Å². The van der Waals surface area contributed by atoms with Crippen molar-refractivity contribution < 1.29 is 19.4 Å². The van der Waals surface area contributed by atoms with Crippen LogP contribution in [0.3, 0.4) is 0 Å². The molecule has 7 nitrogen and oxygen atoms in total. The summed E-state index contributed by atoms with van der Waals surface area (Å²) in [5.74, 6) is -1.08. The van der Waals surface area contributed by atoms with Gasteiger partial charge in [0.1, 0.15) is 17.4 Å². The van der Waals surface area contributed by atoms with E-state index in [9.17, 15) is 14.7 Å². The maximum Gasteiger partial charge on any atom is 0.246 e. The van der Waals surface area contributed by atoms with Gasteiger partial charge in [0.25, 0.3) is 0 Å². The molecule has 8 heteroatoms. The van der Waals surface area contributed by atoms with Crippen LogP contribution in [-0.4, -0.2) is 29.2 Å². The van der Waals surface area contributed by atoms with Crippen LogP contribution >= 0.6 is 11.3 Å². The van der Waals surface area contributed by atoms with Crippen molar-refractivity contribution in [2.24, 2.45) is 5.10 Å². The highest BCUT2D eigenvalue weighted by Gasteiger charge is 2.07. The van der Waals surface area contributed by atoms with Crippen LogP contribution in [-0.2, 0) is 16.0 Å². The number of amides is 1. The first-order valence-corrected chi connectivity index (χ1v) is 8.55. The Hall–Kier alpha value is -2.74. The summed E-state index contributed by atoms with van der Waals surface area (Å²) in [5.41, 5.74) is 4.96. The summed E-state index contributed by atoms with van der Waals surface area (Å²) in [6, 6.07) is 6.79. The fourth-order valence-corrected chi connectivity index (χ4v) is 2.79. The molecule has 0 radical (unpaired) electrons. The predicted molar refractivity (Wildman–Crippen MR) is 92.5 cm³/mol. The van der Waals surface area contributed by atoms with Gasteiger partial charge >= 0.3 is 0 Å². The molecule has 2 aromatic rings. The summed E-state index contributed by atoms with van der Waals surface area (Å²) in [7, 11) is 0.